The van der Waals surface area contributed by atoms with Gasteiger partial charge in [-0.2, -0.15) is 5.54 Å². The fraction of sp³-hybridized carbons (Fsp3) is 1.00. The minimum atomic E-state index is -1.05. The van der Waals surface area contributed by atoms with Crippen LogP contribution >= 0.6 is 0 Å². The van der Waals surface area contributed by atoms with Gasteiger partial charge in [0.05, 0.1) is 6.04 Å². The molecule has 0 heterocycles. The summed E-state index contributed by atoms with van der Waals surface area (Å²) in [6.45, 7) is 0. The van der Waals surface area contributed by atoms with E-state index in [1.165, 1.54) is 5.54 Å². The average molecular weight is 178 g/mol. The standard InChI is InChI=1S/C8H16F2N2/c1-12(2)6-3-4-8(11-10)7(9)5-6/h6-8,11H,3-5H2,1-2H3. The van der Waals surface area contributed by atoms with Crippen molar-refractivity contribution < 1.29 is 8.87 Å². The lowest BCUT2D eigenvalue weighted by atomic mass is 9.89. The van der Waals surface area contributed by atoms with Crippen LogP contribution in [0.4, 0.5) is 8.87 Å². The molecule has 72 valence electrons. The highest BCUT2D eigenvalue weighted by Crippen LogP contribution is 2.24. The summed E-state index contributed by atoms with van der Waals surface area (Å²) in [5.74, 6) is 0. The van der Waals surface area contributed by atoms with Crippen LogP contribution in [0.15, 0.2) is 0 Å². The van der Waals surface area contributed by atoms with E-state index >= 15 is 0 Å². The van der Waals surface area contributed by atoms with Gasteiger partial charge in [0.2, 0.25) is 0 Å². The van der Waals surface area contributed by atoms with Crippen molar-refractivity contribution in [3.05, 3.63) is 0 Å². The van der Waals surface area contributed by atoms with Crippen molar-refractivity contribution in [1.29, 1.82) is 0 Å². The Morgan fingerprint density at radius 1 is 1.33 bits per heavy atom. The summed E-state index contributed by atoms with van der Waals surface area (Å²) < 4.78 is 25.1. The monoisotopic (exact) mass is 178 g/mol. The summed E-state index contributed by atoms with van der Waals surface area (Å²) in [7, 11) is 3.86. The normalized spacial score (nSPS) is 37.2. The van der Waals surface area contributed by atoms with Gasteiger partial charge in [-0.1, -0.05) is 0 Å². The summed E-state index contributed by atoms with van der Waals surface area (Å²) in [6.07, 6.45) is 0.848. The smallest absolute Gasteiger partial charge is 0.119 e. The predicted octanol–water partition coefficient (Wildman–Crippen LogP) is 1.28. The second-order valence-corrected chi connectivity index (χ2v) is 3.66. The Balaban J connectivity index is 2.40. The van der Waals surface area contributed by atoms with Gasteiger partial charge in [-0.15, -0.1) is 4.48 Å². The summed E-state index contributed by atoms with van der Waals surface area (Å²) in [5.41, 5.74) is 1.52. The van der Waals surface area contributed by atoms with Gasteiger partial charge in [-0.25, -0.2) is 4.39 Å². The summed E-state index contributed by atoms with van der Waals surface area (Å²) in [4.78, 5) is 2.00. The van der Waals surface area contributed by atoms with Crippen molar-refractivity contribution in [3.8, 4) is 0 Å². The third-order valence-electron chi connectivity index (χ3n) is 2.62. The molecule has 0 aromatic heterocycles. The maximum Gasteiger partial charge on any atom is 0.119 e. The number of nitrogens with one attached hydrogen (secondary N) is 1. The first-order valence-corrected chi connectivity index (χ1v) is 4.31. The number of nitrogens with zero attached hydrogens (tertiary/aromatic N) is 1. The molecule has 1 rings (SSSR count). The summed E-state index contributed by atoms with van der Waals surface area (Å²) in [6, 6.07) is -0.314. The molecule has 1 saturated carbocycles. The third kappa shape index (κ3) is 2.14. The van der Waals surface area contributed by atoms with Crippen molar-refractivity contribution in [2.75, 3.05) is 14.1 Å². The molecule has 1 aliphatic carbocycles. The van der Waals surface area contributed by atoms with Crippen LogP contribution in [0.1, 0.15) is 19.3 Å². The largest absolute Gasteiger partial charge is 0.306 e. The molecule has 0 radical (unpaired) electrons. The van der Waals surface area contributed by atoms with Crippen LogP contribution < -0.4 is 5.54 Å². The van der Waals surface area contributed by atoms with Crippen molar-refractivity contribution in [3.63, 3.8) is 0 Å². The molecule has 0 aromatic rings. The molecule has 0 spiro atoms. The number of rotatable bonds is 2. The second kappa shape index (κ2) is 4.14. The molecule has 4 heteroatoms. The minimum absolute atomic E-state index is 0.268. The third-order valence-corrected chi connectivity index (χ3v) is 2.62. The fourth-order valence-corrected chi connectivity index (χ4v) is 1.69. The van der Waals surface area contributed by atoms with Gasteiger partial charge in [0.25, 0.3) is 0 Å². The van der Waals surface area contributed by atoms with Crippen LogP contribution in [-0.2, 0) is 0 Å². The lowest BCUT2D eigenvalue weighted by molar-refractivity contribution is 0.0829. The molecule has 3 atom stereocenters. The Labute approximate surface area is 71.9 Å². The molecule has 0 aromatic carbocycles. The van der Waals surface area contributed by atoms with E-state index in [0.717, 1.165) is 6.42 Å². The van der Waals surface area contributed by atoms with Gasteiger partial charge in [-0.05, 0) is 33.4 Å². The van der Waals surface area contributed by atoms with E-state index < -0.39 is 12.2 Å². The fourth-order valence-electron chi connectivity index (χ4n) is 1.69. The van der Waals surface area contributed by atoms with Crippen LogP contribution in [0, 0.1) is 0 Å². The van der Waals surface area contributed by atoms with Crippen molar-refractivity contribution in [2.45, 2.75) is 37.5 Å². The molecule has 0 saturated heterocycles. The second-order valence-electron chi connectivity index (χ2n) is 3.66. The molecule has 12 heavy (non-hydrogen) atoms. The zero-order chi connectivity index (χ0) is 9.14. The van der Waals surface area contributed by atoms with Crippen molar-refractivity contribution >= 4 is 0 Å². The zero-order valence-electron chi connectivity index (χ0n) is 7.56. The number of halogens is 2. The number of hydrogen-bond acceptors (Lipinski definition) is 2. The van der Waals surface area contributed by atoms with Gasteiger partial charge < -0.3 is 4.90 Å². The summed E-state index contributed by atoms with van der Waals surface area (Å²) >= 11 is 0. The molecule has 1 N–H and O–H groups in total. The van der Waals surface area contributed by atoms with Gasteiger partial charge in [0, 0.05) is 6.04 Å². The quantitative estimate of drug-likeness (QED) is 0.641. The molecule has 3 unspecified atom stereocenters. The van der Waals surface area contributed by atoms with Crippen molar-refractivity contribution in [1.82, 2.24) is 10.4 Å². The first kappa shape index (κ1) is 9.86. The lowest BCUT2D eigenvalue weighted by Crippen LogP contribution is -2.44. The molecule has 1 fully saturated rings. The maximum absolute atomic E-state index is 13.1. The van der Waals surface area contributed by atoms with E-state index in [1.807, 2.05) is 19.0 Å². The van der Waals surface area contributed by atoms with Crippen LogP contribution in [0.2, 0.25) is 0 Å². The minimum Gasteiger partial charge on any atom is -0.306 e. The highest BCUT2D eigenvalue weighted by Gasteiger charge is 2.31. The van der Waals surface area contributed by atoms with E-state index in [9.17, 15) is 8.87 Å². The molecular formula is C8H16F2N2. The lowest BCUT2D eigenvalue weighted by Gasteiger charge is -2.33. The predicted molar refractivity (Wildman–Crippen MR) is 44.3 cm³/mol. The van der Waals surface area contributed by atoms with Gasteiger partial charge >= 0.3 is 0 Å². The van der Waals surface area contributed by atoms with Crippen LogP contribution in [0.25, 0.3) is 0 Å². The molecule has 0 aliphatic heterocycles. The number of alkyl halides is 1. The first-order valence-electron chi connectivity index (χ1n) is 4.31. The Morgan fingerprint density at radius 2 is 2.00 bits per heavy atom. The summed E-state index contributed by atoms with van der Waals surface area (Å²) in [5, 5.41) is 0. The molecule has 0 amide bonds. The zero-order valence-corrected chi connectivity index (χ0v) is 7.56. The molecular weight excluding hydrogens is 162 g/mol. The van der Waals surface area contributed by atoms with E-state index in [2.05, 4.69) is 0 Å². The Kier molecular flexibility index (Phi) is 3.40. The van der Waals surface area contributed by atoms with Gasteiger partial charge in [-0.3, -0.25) is 0 Å². The SMILES string of the molecule is CN(C)C1CCC(NF)C(F)C1. The molecule has 0 bridgehead atoms. The van der Waals surface area contributed by atoms with Crippen LogP contribution in [0.5, 0.6) is 0 Å². The Bertz CT molecular complexity index is 141. The Hall–Kier alpha value is -0.220. The van der Waals surface area contributed by atoms with Gasteiger partial charge in [0.15, 0.2) is 0 Å². The van der Waals surface area contributed by atoms with E-state index in [0.29, 0.717) is 12.8 Å². The highest BCUT2D eigenvalue weighted by atomic mass is 19.2. The number of hydrogen-bond donors (Lipinski definition) is 1. The maximum atomic E-state index is 13.1. The molecule has 1 aliphatic rings. The van der Waals surface area contributed by atoms with Crippen LogP contribution in [0.3, 0.4) is 0 Å². The average Bonchev–Trinajstić information content (AvgIpc) is 2.04. The molecule has 2 nitrogen and oxygen atoms in total. The first-order chi connectivity index (χ1) is 5.65. The van der Waals surface area contributed by atoms with E-state index in [4.69, 9.17) is 0 Å². The van der Waals surface area contributed by atoms with Gasteiger partial charge in [0.1, 0.15) is 6.17 Å². The van der Waals surface area contributed by atoms with E-state index in [-0.39, 0.29) is 6.04 Å². The topological polar surface area (TPSA) is 15.3 Å². The van der Waals surface area contributed by atoms with E-state index in [1.54, 1.807) is 0 Å². The van der Waals surface area contributed by atoms with Crippen molar-refractivity contribution in [2.24, 2.45) is 0 Å². The highest BCUT2D eigenvalue weighted by molar-refractivity contribution is 4.86. The van der Waals surface area contributed by atoms with Crippen LogP contribution in [-0.4, -0.2) is 37.3 Å². The Morgan fingerprint density at radius 3 is 2.42 bits per heavy atom.